The van der Waals surface area contributed by atoms with Crippen LogP contribution in [0.15, 0.2) is 30.3 Å². The highest BCUT2D eigenvalue weighted by Crippen LogP contribution is 2.33. The molecule has 0 N–H and O–H groups in total. The Kier molecular flexibility index (Phi) is 2.74. The summed E-state index contributed by atoms with van der Waals surface area (Å²) in [5.41, 5.74) is 5.89. The number of benzene rings is 1. The van der Waals surface area contributed by atoms with Crippen LogP contribution in [0.5, 0.6) is 0 Å². The predicted molar refractivity (Wildman–Crippen MR) is 73.8 cm³/mol. The van der Waals surface area contributed by atoms with Crippen LogP contribution in [0, 0.1) is 0 Å². The number of anilines is 1. The van der Waals surface area contributed by atoms with Gasteiger partial charge in [-0.15, -0.1) is 5.10 Å². The summed E-state index contributed by atoms with van der Waals surface area (Å²) in [4.78, 5) is 2.29. The Morgan fingerprint density at radius 1 is 1.22 bits per heavy atom. The molecule has 0 fully saturated rings. The van der Waals surface area contributed by atoms with Gasteiger partial charge in [0.15, 0.2) is 0 Å². The van der Waals surface area contributed by atoms with Crippen molar-refractivity contribution in [1.29, 1.82) is 0 Å². The Labute approximate surface area is 107 Å². The normalized spacial score (nSPS) is 13.8. The summed E-state index contributed by atoms with van der Waals surface area (Å²) in [7, 11) is 2.14. The molecule has 0 radical (unpaired) electrons. The molecule has 1 aromatic heterocycles. The fourth-order valence-electron chi connectivity index (χ4n) is 2.48. The predicted octanol–water partition coefficient (Wildman–Crippen LogP) is 2.70. The third-order valence-corrected chi connectivity index (χ3v) is 3.57. The highest BCUT2D eigenvalue weighted by Gasteiger charge is 2.18. The van der Waals surface area contributed by atoms with Crippen molar-refractivity contribution in [3.8, 4) is 11.3 Å². The van der Waals surface area contributed by atoms with Crippen molar-refractivity contribution in [1.82, 2.24) is 10.2 Å². The lowest BCUT2D eigenvalue weighted by Gasteiger charge is -2.18. The average Bonchev–Trinajstić information content (AvgIpc) is 2.57. The number of likely N-dealkylation sites (N-methyl/N-ethyl adjacent to an activating group) is 1. The monoisotopic (exact) mass is 239 g/mol. The quantitative estimate of drug-likeness (QED) is 0.766. The smallest absolute Gasteiger partial charge is 0.0983 e. The van der Waals surface area contributed by atoms with Crippen LogP contribution in [-0.4, -0.2) is 23.8 Å². The van der Waals surface area contributed by atoms with Crippen LogP contribution in [0.25, 0.3) is 11.3 Å². The Morgan fingerprint density at radius 3 is 2.89 bits per heavy atom. The second-order valence-electron chi connectivity index (χ2n) is 4.75. The van der Waals surface area contributed by atoms with Crippen molar-refractivity contribution in [2.24, 2.45) is 0 Å². The first kappa shape index (κ1) is 11.2. The second kappa shape index (κ2) is 4.41. The van der Waals surface area contributed by atoms with Crippen LogP contribution in [0.2, 0.25) is 0 Å². The average molecular weight is 239 g/mol. The van der Waals surface area contributed by atoms with E-state index in [0.717, 1.165) is 30.8 Å². The maximum Gasteiger partial charge on any atom is 0.0983 e. The first-order chi connectivity index (χ1) is 8.79. The summed E-state index contributed by atoms with van der Waals surface area (Å²) in [5.74, 6) is 0. The minimum atomic E-state index is 0.942. The maximum absolute atomic E-state index is 4.45. The van der Waals surface area contributed by atoms with Crippen LogP contribution in [0.3, 0.4) is 0 Å². The number of para-hydroxylation sites is 1. The maximum atomic E-state index is 4.45. The topological polar surface area (TPSA) is 29.0 Å². The summed E-state index contributed by atoms with van der Waals surface area (Å²) >= 11 is 0. The largest absolute Gasteiger partial charge is 0.374 e. The van der Waals surface area contributed by atoms with E-state index in [1.54, 1.807) is 0 Å². The van der Waals surface area contributed by atoms with Gasteiger partial charge in [0.2, 0.25) is 0 Å². The lowest BCUT2D eigenvalue weighted by Crippen LogP contribution is -2.18. The van der Waals surface area contributed by atoms with Gasteiger partial charge in [0.1, 0.15) is 0 Å². The number of aryl methyl sites for hydroxylation is 1. The molecule has 1 aliphatic rings. The summed E-state index contributed by atoms with van der Waals surface area (Å²) in [6.07, 6.45) is 1.97. The first-order valence-corrected chi connectivity index (χ1v) is 6.45. The van der Waals surface area contributed by atoms with E-state index < -0.39 is 0 Å². The molecular formula is C15H17N3. The molecule has 0 unspecified atom stereocenters. The lowest BCUT2D eigenvalue weighted by molar-refractivity contribution is 0.863. The number of rotatable bonds is 1. The molecule has 0 saturated carbocycles. The van der Waals surface area contributed by atoms with Gasteiger partial charge in [0.25, 0.3) is 0 Å². The van der Waals surface area contributed by atoms with E-state index in [1.807, 2.05) is 0 Å². The Hall–Kier alpha value is -1.90. The van der Waals surface area contributed by atoms with Crippen molar-refractivity contribution in [3.63, 3.8) is 0 Å². The highest BCUT2D eigenvalue weighted by atomic mass is 15.1. The van der Waals surface area contributed by atoms with Crippen LogP contribution >= 0.6 is 0 Å². The molecule has 3 heteroatoms. The molecule has 3 nitrogen and oxygen atoms in total. The van der Waals surface area contributed by atoms with Gasteiger partial charge in [0, 0.05) is 24.8 Å². The van der Waals surface area contributed by atoms with Gasteiger partial charge in [-0.25, -0.2) is 0 Å². The summed E-state index contributed by atoms with van der Waals surface area (Å²) in [5, 5.41) is 8.76. The molecular weight excluding hydrogens is 222 g/mol. The van der Waals surface area contributed by atoms with Gasteiger partial charge in [-0.2, -0.15) is 5.10 Å². The molecule has 92 valence electrons. The number of nitrogens with zero attached hydrogens (tertiary/aromatic N) is 3. The van der Waals surface area contributed by atoms with E-state index in [9.17, 15) is 0 Å². The van der Waals surface area contributed by atoms with E-state index in [-0.39, 0.29) is 0 Å². The second-order valence-corrected chi connectivity index (χ2v) is 4.75. The molecule has 3 rings (SSSR count). The van der Waals surface area contributed by atoms with Gasteiger partial charge in [-0.3, -0.25) is 0 Å². The molecule has 1 aliphatic heterocycles. The zero-order chi connectivity index (χ0) is 12.5. The van der Waals surface area contributed by atoms with Crippen LogP contribution in [0.4, 0.5) is 5.69 Å². The Balaban J connectivity index is 2.21. The molecule has 0 bridgehead atoms. The van der Waals surface area contributed by atoms with Gasteiger partial charge in [-0.05, 0) is 30.5 Å². The zero-order valence-electron chi connectivity index (χ0n) is 10.8. The minimum Gasteiger partial charge on any atom is -0.374 e. The fourth-order valence-corrected chi connectivity index (χ4v) is 2.48. The molecule has 0 spiro atoms. The summed E-state index contributed by atoms with van der Waals surface area (Å²) in [6.45, 7) is 3.14. The first-order valence-electron chi connectivity index (χ1n) is 6.45. The van der Waals surface area contributed by atoms with Crippen LogP contribution in [-0.2, 0) is 12.8 Å². The molecule has 18 heavy (non-hydrogen) atoms. The SMILES string of the molecule is CCc1cc2c(nn1)-c1ccccc1N(C)CC2. The van der Waals surface area contributed by atoms with E-state index in [4.69, 9.17) is 0 Å². The highest BCUT2D eigenvalue weighted by molar-refractivity contribution is 5.79. The fraction of sp³-hybridized carbons (Fsp3) is 0.333. The van der Waals surface area contributed by atoms with Gasteiger partial charge >= 0.3 is 0 Å². The number of hydrogen-bond acceptors (Lipinski definition) is 3. The molecule has 0 atom stereocenters. The molecule has 2 aromatic rings. The van der Waals surface area contributed by atoms with E-state index in [1.165, 1.54) is 16.8 Å². The number of hydrogen-bond donors (Lipinski definition) is 0. The number of fused-ring (bicyclic) bond motifs is 3. The van der Waals surface area contributed by atoms with Crippen LogP contribution < -0.4 is 4.90 Å². The molecule has 0 amide bonds. The third-order valence-electron chi connectivity index (χ3n) is 3.57. The third kappa shape index (κ3) is 1.76. The lowest BCUT2D eigenvalue weighted by atomic mass is 10.0. The van der Waals surface area contributed by atoms with Crippen molar-refractivity contribution >= 4 is 5.69 Å². The minimum absolute atomic E-state index is 0.942. The van der Waals surface area contributed by atoms with Gasteiger partial charge in [0.05, 0.1) is 11.4 Å². The van der Waals surface area contributed by atoms with Crippen molar-refractivity contribution in [2.45, 2.75) is 19.8 Å². The zero-order valence-corrected chi connectivity index (χ0v) is 10.8. The standard InChI is InChI=1S/C15H17N3/c1-3-12-10-11-8-9-18(2)14-7-5-4-6-13(14)15(11)17-16-12/h4-7,10H,3,8-9H2,1-2H3. The Bertz CT molecular complexity index is 578. The van der Waals surface area contributed by atoms with Crippen LogP contribution in [0.1, 0.15) is 18.2 Å². The molecule has 0 saturated heterocycles. The Morgan fingerprint density at radius 2 is 2.06 bits per heavy atom. The van der Waals surface area contributed by atoms with Gasteiger partial charge in [-0.1, -0.05) is 25.1 Å². The van der Waals surface area contributed by atoms with Crippen molar-refractivity contribution in [3.05, 3.63) is 41.6 Å². The molecule has 2 heterocycles. The van der Waals surface area contributed by atoms with Gasteiger partial charge < -0.3 is 4.90 Å². The van der Waals surface area contributed by atoms with E-state index in [2.05, 4.69) is 59.4 Å². The van der Waals surface area contributed by atoms with Crippen molar-refractivity contribution in [2.75, 3.05) is 18.5 Å². The summed E-state index contributed by atoms with van der Waals surface area (Å²) in [6, 6.07) is 10.6. The summed E-state index contributed by atoms with van der Waals surface area (Å²) < 4.78 is 0. The van der Waals surface area contributed by atoms with E-state index in [0.29, 0.717) is 0 Å². The number of aromatic nitrogens is 2. The van der Waals surface area contributed by atoms with E-state index >= 15 is 0 Å². The molecule has 0 aliphatic carbocycles. The van der Waals surface area contributed by atoms with Crippen molar-refractivity contribution < 1.29 is 0 Å². The molecule has 1 aromatic carbocycles.